The van der Waals surface area contributed by atoms with Gasteiger partial charge in [-0.25, -0.2) is 4.98 Å². The minimum Gasteiger partial charge on any atom is -0.480 e. The normalized spacial score (nSPS) is 17.0. The fourth-order valence-electron chi connectivity index (χ4n) is 1.82. The third-order valence-electron chi connectivity index (χ3n) is 2.83. The van der Waals surface area contributed by atoms with Crippen LogP contribution in [0.25, 0.3) is 0 Å². The molecule has 1 atom stereocenters. The molecular weight excluding hydrogens is 222 g/mol. The maximum atomic E-state index is 11.2. The molecule has 2 rings (SSSR count). The van der Waals surface area contributed by atoms with Crippen molar-refractivity contribution in [2.24, 2.45) is 0 Å². The van der Waals surface area contributed by atoms with Crippen LogP contribution >= 0.6 is 0 Å². The van der Waals surface area contributed by atoms with Crippen molar-refractivity contribution >= 4 is 5.97 Å². The number of nitrogens with zero attached hydrogens (tertiary/aromatic N) is 2. The molecule has 0 bridgehead atoms. The van der Waals surface area contributed by atoms with Crippen LogP contribution in [-0.2, 0) is 9.53 Å². The number of hydrogen-bond acceptors (Lipinski definition) is 4. The van der Waals surface area contributed by atoms with Gasteiger partial charge in [-0.1, -0.05) is 0 Å². The van der Waals surface area contributed by atoms with E-state index < -0.39 is 12.0 Å². The number of carbonyl (C=O) groups is 1. The van der Waals surface area contributed by atoms with Crippen molar-refractivity contribution in [2.45, 2.75) is 24.9 Å². The van der Waals surface area contributed by atoms with E-state index in [1.165, 1.54) is 0 Å². The van der Waals surface area contributed by atoms with Gasteiger partial charge in [-0.3, -0.25) is 10.1 Å². The Morgan fingerprint density at radius 2 is 2.53 bits per heavy atom. The predicted molar refractivity (Wildman–Crippen MR) is 60.8 cm³/mol. The van der Waals surface area contributed by atoms with Gasteiger partial charge in [-0.15, -0.1) is 0 Å². The zero-order valence-corrected chi connectivity index (χ0v) is 9.80. The van der Waals surface area contributed by atoms with E-state index in [-0.39, 0.29) is 0 Å². The first-order chi connectivity index (χ1) is 8.24. The van der Waals surface area contributed by atoms with Gasteiger partial charge in [0.25, 0.3) is 0 Å². The van der Waals surface area contributed by atoms with Gasteiger partial charge in [0, 0.05) is 19.7 Å². The summed E-state index contributed by atoms with van der Waals surface area (Å²) in [4.78, 5) is 15.3. The van der Waals surface area contributed by atoms with Crippen molar-refractivity contribution in [1.29, 1.82) is 0 Å². The number of methoxy groups -OCH3 is 1. The van der Waals surface area contributed by atoms with Crippen LogP contribution < -0.4 is 5.32 Å². The number of nitrogens with one attached hydrogen (secondary N) is 1. The summed E-state index contributed by atoms with van der Waals surface area (Å²) in [5.74, 6) is -0.886. The average molecular weight is 239 g/mol. The van der Waals surface area contributed by atoms with Crippen molar-refractivity contribution in [3.05, 3.63) is 18.2 Å². The van der Waals surface area contributed by atoms with E-state index >= 15 is 0 Å². The van der Waals surface area contributed by atoms with Gasteiger partial charge in [0.05, 0.1) is 24.8 Å². The summed E-state index contributed by atoms with van der Waals surface area (Å²) < 4.78 is 6.86. The molecule has 1 aromatic rings. The lowest BCUT2D eigenvalue weighted by Crippen LogP contribution is -2.32. The van der Waals surface area contributed by atoms with Gasteiger partial charge in [-0.05, 0) is 12.8 Å². The van der Waals surface area contributed by atoms with E-state index in [2.05, 4.69) is 10.3 Å². The van der Waals surface area contributed by atoms with Crippen LogP contribution in [0.15, 0.2) is 12.5 Å². The Morgan fingerprint density at radius 1 is 1.76 bits per heavy atom. The number of imidazole rings is 1. The standard InChI is InChI=1S/C11H17N3O3/c1-17-5-4-13-10(11(15)16)9-6-12-7-14(9)8-2-3-8/h6-8,10,13H,2-5H2,1H3,(H,15,16). The largest absolute Gasteiger partial charge is 0.480 e. The third kappa shape index (κ3) is 2.83. The molecular formula is C11H17N3O3. The summed E-state index contributed by atoms with van der Waals surface area (Å²) in [6, 6.07) is -0.285. The van der Waals surface area contributed by atoms with E-state index in [0.29, 0.717) is 19.2 Å². The minimum atomic E-state index is -0.886. The first-order valence-corrected chi connectivity index (χ1v) is 5.71. The topological polar surface area (TPSA) is 76.4 Å². The van der Waals surface area contributed by atoms with Crippen molar-refractivity contribution in [2.75, 3.05) is 20.3 Å². The zero-order valence-electron chi connectivity index (χ0n) is 9.80. The first kappa shape index (κ1) is 12.1. The molecule has 0 aliphatic heterocycles. The molecule has 17 heavy (non-hydrogen) atoms. The molecule has 1 aliphatic rings. The molecule has 94 valence electrons. The maximum Gasteiger partial charge on any atom is 0.326 e. The van der Waals surface area contributed by atoms with E-state index in [0.717, 1.165) is 18.5 Å². The zero-order chi connectivity index (χ0) is 12.3. The molecule has 1 aliphatic carbocycles. The molecule has 6 nitrogen and oxygen atoms in total. The van der Waals surface area contributed by atoms with Gasteiger partial charge in [0.1, 0.15) is 6.04 Å². The summed E-state index contributed by atoms with van der Waals surface area (Å²) in [7, 11) is 1.59. The Balaban J connectivity index is 2.08. The highest BCUT2D eigenvalue weighted by Crippen LogP contribution is 2.36. The fraction of sp³-hybridized carbons (Fsp3) is 0.636. The van der Waals surface area contributed by atoms with Crippen LogP contribution in [0.1, 0.15) is 30.6 Å². The van der Waals surface area contributed by atoms with E-state index in [4.69, 9.17) is 4.74 Å². The van der Waals surface area contributed by atoms with Gasteiger partial charge in [0.15, 0.2) is 0 Å². The van der Waals surface area contributed by atoms with E-state index in [1.807, 2.05) is 4.57 Å². The van der Waals surface area contributed by atoms with Crippen molar-refractivity contribution < 1.29 is 14.6 Å². The van der Waals surface area contributed by atoms with Crippen LogP contribution in [0.3, 0.4) is 0 Å². The Bertz CT molecular complexity index is 387. The van der Waals surface area contributed by atoms with Crippen molar-refractivity contribution in [1.82, 2.24) is 14.9 Å². The van der Waals surface area contributed by atoms with Gasteiger partial charge < -0.3 is 14.4 Å². The molecule has 6 heteroatoms. The lowest BCUT2D eigenvalue weighted by molar-refractivity contribution is -0.139. The van der Waals surface area contributed by atoms with Crippen molar-refractivity contribution in [3.8, 4) is 0 Å². The SMILES string of the molecule is COCCNC(C(=O)O)c1cncn1C1CC1. The van der Waals surface area contributed by atoms with Gasteiger partial charge in [0.2, 0.25) is 0 Å². The summed E-state index contributed by atoms with van der Waals surface area (Å²) in [5, 5.41) is 12.2. The smallest absolute Gasteiger partial charge is 0.326 e. The fourth-order valence-corrected chi connectivity index (χ4v) is 1.82. The molecule has 0 amide bonds. The molecule has 0 aromatic carbocycles. The molecule has 2 N–H and O–H groups in total. The predicted octanol–water partition coefficient (Wildman–Crippen LogP) is 0.580. The second kappa shape index (κ2) is 5.29. The highest BCUT2D eigenvalue weighted by molar-refractivity contribution is 5.74. The average Bonchev–Trinajstić information content (AvgIpc) is 3.03. The maximum absolute atomic E-state index is 11.2. The molecule has 1 fully saturated rings. The molecule has 0 saturated heterocycles. The Labute approximate surface area is 99.6 Å². The number of ether oxygens (including phenoxy) is 1. The second-order valence-corrected chi connectivity index (χ2v) is 4.18. The highest BCUT2D eigenvalue weighted by atomic mass is 16.5. The van der Waals surface area contributed by atoms with E-state index in [9.17, 15) is 9.90 Å². The summed E-state index contributed by atoms with van der Waals surface area (Å²) >= 11 is 0. The highest BCUT2D eigenvalue weighted by Gasteiger charge is 2.30. The molecule has 1 saturated carbocycles. The van der Waals surface area contributed by atoms with Crippen LogP contribution in [0, 0.1) is 0 Å². The molecule has 1 unspecified atom stereocenters. The number of carboxylic acid groups (broad SMARTS) is 1. The number of aliphatic carboxylic acids is 1. The Kier molecular flexibility index (Phi) is 3.75. The second-order valence-electron chi connectivity index (χ2n) is 4.18. The summed E-state index contributed by atoms with van der Waals surface area (Å²) in [6.45, 7) is 0.991. The van der Waals surface area contributed by atoms with Crippen LogP contribution in [0.4, 0.5) is 0 Å². The lowest BCUT2D eigenvalue weighted by Gasteiger charge is -2.16. The molecule has 1 heterocycles. The quantitative estimate of drug-likeness (QED) is 0.681. The minimum absolute atomic E-state index is 0.429. The molecule has 1 aromatic heterocycles. The van der Waals surface area contributed by atoms with Crippen LogP contribution in [-0.4, -0.2) is 40.9 Å². The first-order valence-electron chi connectivity index (χ1n) is 5.71. The number of carboxylic acids is 1. The summed E-state index contributed by atoms with van der Waals surface area (Å²) in [5.41, 5.74) is 0.719. The number of aromatic nitrogens is 2. The molecule has 0 radical (unpaired) electrons. The Hall–Kier alpha value is -1.40. The monoisotopic (exact) mass is 239 g/mol. The van der Waals surface area contributed by atoms with Gasteiger partial charge in [-0.2, -0.15) is 0 Å². The summed E-state index contributed by atoms with van der Waals surface area (Å²) in [6.07, 6.45) is 5.54. The van der Waals surface area contributed by atoms with Crippen molar-refractivity contribution in [3.63, 3.8) is 0 Å². The lowest BCUT2D eigenvalue weighted by atomic mass is 10.2. The number of hydrogen-bond donors (Lipinski definition) is 2. The van der Waals surface area contributed by atoms with Gasteiger partial charge >= 0.3 is 5.97 Å². The molecule has 0 spiro atoms. The van der Waals surface area contributed by atoms with Crippen LogP contribution in [0.2, 0.25) is 0 Å². The van der Waals surface area contributed by atoms with E-state index in [1.54, 1.807) is 19.6 Å². The third-order valence-corrected chi connectivity index (χ3v) is 2.83. The Morgan fingerprint density at radius 3 is 3.12 bits per heavy atom. The number of rotatable bonds is 7. The van der Waals surface area contributed by atoms with Crippen LogP contribution in [0.5, 0.6) is 0 Å².